The summed E-state index contributed by atoms with van der Waals surface area (Å²) >= 11 is 0. The Morgan fingerprint density at radius 2 is 1.93 bits per heavy atom. The third-order valence-corrected chi connectivity index (χ3v) is 4.77. The van der Waals surface area contributed by atoms with Gasteiger partial charge in [-0.2, -0.15) is 0 Å². The van der Waals surface area contributed by atoms with Crippen LogP contribution < -0.4 is 5.56 Å². The zero-order valence-corrected chi connectivity index (χ0v) is 16.0. The van der Waals surface area contributed by atoms with Crippen molar-refractivity contribution < 1.29 is 4.79 Å². The van der Waals surface area contributed by atoms with Crippen LogP contribution in [-0.4, -0.2) is 32.3 Å². The molecule has 6 nitrogen and oxygen atoms in total. The van der Waals surface area contributed by atoms with Gasteiger partial charge in [-0.3, -0.25) is 14.6 Å². The molecule has 0 aliphatic rings. The number of likely N-dealkylation sites (N-methyl/N-ethyl adjacent to an activating group) is 1. The van der Waals surface area contributed by atoms with Crippen molar-refractivity contribution in [3.63, 3.8) is 0 Å². The molecule has 0 aliphatic carbocycles. The lowest BCUT2D eigenvalue weighted by molar-refractivity contribution is -0.126. The summed E-state index contributed by atoms with van der Waals surface area (Å²) < 4.78 is 0. The van der Waals surface area contributed by atoms with Crippen molar-refractivity contribution in [2.24, 2.45) is 0 Å². The van der Waals surface area contributed by atoms with Crippen LogP contribution in [0.1, 0.15) is 18.3 Å². The Balaban J connectivity index is 1.57. The van der Waals surface area contributed by atoms with Crippen LogP contribution in [0.5, 0.6) is 0 Å². The SMILES string of the molecule is CCN(Cc1nc2ccccc2c(=O)[nH]1)C(=O)/C=C/c1cccc2cccnc12. The average molecular weight is 384 g/mol. The number of H-pyrrole nitrogens is 1. The smallest absolute Gasteiger partial charge is 0.258 e. The number of carbonyl (C=O) groups excluding carboxylic acids is 1. The monoisotopic (exact) mass is 384 g/mol. The first-order chi connectivity index (χ1) is 14.2. The van der Waals surface area contributed by atoms with Gasteiger partial charge in [-0.15, -0.1) is 0 Å². The minimum Gasteiger partial charge on any atom is -0.332 e. The number of para-hydroxylation sites is 2. The maximum absolute atomic E-state index is 12.7. The van der Waals surface area contributed by atoms with Gasteiger partial charge in [0.15, 0.2) is 0 Å². The Hall–Kier alpha value is -3.80. The molecular weight excluding hydrogens is 364 g/mol. The van der Waals surface area contributed by atoms with Gasteiger partial charge < -0.3 is 9.88 Å². The number of fused-ring (bicyclic) bond motifs is 2. The molecule has 0 radical (unpaired) electrons. The normalized spacial score (nSPS) is 11.3. The largest absolute Gasteiger partial charge is 0.332 e. The van der Waals surface area contributed by atoms with Crippen molar-refractivity contribution >= 4 is 33.8 Å². The number of nitrogens with zero attached hydrogens (tertiary/aromatic N) is 3. The second-order valence-corrected chi connectivity index (χ2v) is 6.64. The first kappa shape index (κ1) is 18.6. The van der Waals surface area contributed by atoms with Crippen LogP contribution in [0, 0.1) is 0 Å². The van der Waals surface area contributed by atoms with Crippen molar-refractivity contribution in [2.75, 3.05) is 6.54 Å². The highest BCUT2D eigenvalue weighted by Crippen LogP contribution is 2.17. The average Bonchev–Trinajstić information content (AvgIpc) is 2.76. The molecule has 0 aliphatic heterocycles. The van der Waals surface area contributed by atoms with E-state index in [2.05, 4.69) is 15.0 Å². The molecule has 0 saturated heterocycles. The van der Waals surface area contributed by atoms with Crippen molar-refractivity contribution in [3.05, 3.63) is 88.6 Å². The van der Waals surface area contributed by atoms with Crippen LogP contribution in [0.2, 0.25) is 0 Å². The van der Waals surface area contributed by atoms with Gasteiger partial charge in [-0.1, -0.05) is 36.4 Å². The molecule has 29 heavy (non-hydrogen) atoms. The quantitative estimate of drug-likeness (QED) is 0.534. The molecular formula is C23H20N4O2. The van der Waals surface area contributed by atoms with Crippen molar-refractivity contribution in [1.29, 1.82) is 0 Å². The third kappa shape index (κ3) is 3.91. The van der Waals surface area contributed by atoms with E-state index in [0.29, 0.717) is 23.3 Å². The van der Waals surface area contributed by atoms with E-state index in [-0.39, 0.29) is 18.0 Å². The number of rotatable bonds is 5. The summed E-state index contributed by atoms with van der Waals surface area (Å²) in [4.78, 5) is 38.3. The standard InChI is InChI=1S/C23H20N4O2/c1-2-27(15-20-25-19-11-4-3-10-18(19)23(29)26-20)21(28)13-12-17-8-5-7-16-9-6-14-24-22(16)17/h3-14H,2,15H2,1H3,(H,25,26,29)/b13-12+. The van der Waals surface area contributed by atoms with Crippen LogP contribution in [0.4, 0.5) is 0 Å². The highest BCUT2D eigenvalue weighted by atomic mass is 16.2. The molecule has 0 unspecified atom stereocenters. The lowest BCUT2D eigenvalue weighted by atomic mass is 10.1. The van der Waals surface area contributed by atoms with Crippen molar-refractivity contribution in [2.45, 2.75) is 13.5 Å². The number of pyridine rings is 1. The number of amides is 1. The summed E-state index contributed by atoms with van der Waals surface area (Å²) in [6.07, 6.45) is 5.05. The molecule has 0 saturated carbocycles. The molecule has 0 bridgehead atoms. The summed E-state index contributed by atoms with van der Waals surface area (Å²) in [6.45, 7) is 2.62. The molecule has 1 amide bonds. The van der Waals surface area contributed by atoms with Gasteiger partial charge in [0.1, 0.15) is 5.82 Å². The van der Waals surface area contributed by atoms with Gasteiger partial charge in [-0.25, -0.2) is 4.98 Å². The minimum absolute atomic E-state index is 0.156. The van der Waals surface area contributed by atoms with Gasteiger partial charge in [-0.05, 0) is 31.2 Å². The molecule has 0 atom stereocenters. The molecule has 6 heteroatoms. The summed E-state index contributed by atoms with van der Waals surface area (Å²) in [6, 6.07) is 16.9. The van der Waals surface area contributed by atoms with Crippen molar-refractivity contribution in [3.8, 4) is 0 Å². The Morgan fingerprint density at radius 3 is 2.79 bits per heavy atom. The second-order valence-electron chi connectivity index (χ2n) is 6.64. The predicted molar refractivity (Wildman–Crippen MR) is 114 cm³/mol. The van der Waals surface area contributed by atoms with Crippen LogP contribution in [0.15, 0.2) is 71.7 Å². The number of nitrogens with one attached hydrogen (secondary N) is 1. The van der Waals surface area contributed by atoms with Crippen LogP contribution in [-0.2, 0) is 11.3 Å². The summed E-state index contributed by atoms with van der Waals surface area (Å²) in [5.41, 5.74) is 2.14. The number of carbonyl (C=O) groups is 1. The molecule has 144 valence electrons. The van der Waals surface area contributed by atoms with E-state index in [1.807, 2.05) is 43.3 Å². The Bertz CT molecular complexity index is 1270. The minimum atomic E-state index is -0.202. The Labute approximate surface area is 167 Å². The summed E-state index contributed by atoms with van der Waals surface area (Å²) in [7, 11) is 0. The van der Waals surface area contributed by atoms with Crippen LogP contribution in [0.25, 0.3) is 27.9 Å². The van der Waals surface area contributed by atoms with Gasteiger partial charge in [0.05, 0.1) is 23.0 Å². The predicted octanol–water partition coefficient (Wildman–Crippen LogP) is 3.53. The highest BCUT2D eigenvalue weighted by molar-refractivity contribution is 5.95. The van der Waals surface area contributed by atoms with E-state index in [9.17, 15) is 9.59 Å². The second kappa shape index (κ2) is 8.06. The number of hydrogen-bond acceptors (Lipinski definition) is 4. The van der Waals surface area contributed by atoms with E-state index in [4.69, 9.17) is 0 Å². The maximum atomic E-state index is 12.7. The van der Waals surface area contributed by atoms with Gasteiger partial charge >= 0.3 is 0 Å². The lowest BCUT2D eigenvalue weighted by Crippen LogP contribution is -2.30. The topological polar surface area (TPSA) is 79.0 Å². The first-order valence-corrected chi connectivity index (χ1v) is 9.44. The third-order valence-electron chi connectivity index (χ3n) is 4.77. The summed E-state index contributed by atoms with van der Waals surface area (Å²) in [5, 5.41) is 1.56. The summed E-state index contributed by atoms with van der Waals surface area (Å²) in [5.74, 6) is 0.306. The molecule has 4 rings (SSSR count). The maximum Gasteiger partial charge on any atom is 0.258 e. The van der Waals surface area contributed by atoms with Gasteiger partial charge in [0.2, 0.25) is 5.91 Å². The van der Waals surface area contributed by atoms with E-state index in [0.717, 1.165) is 16.5 Å². The Kier molecular flexibility index (Phi) is 5.16. The molecule has 2 aromatic carbocycles. The van der Waals surface area contributed by atoms with E-state index in [1.165, 1.54) is 6.08 Å². The molecule has 2 heterocycles. The van der Waals surface area contributed by atoms with Crippen LogP contribution in [0.3, 0.4) is 0 Å². The number of hydrogen-bond donors (Lipinski definition) is 1. The van der Waals surface area contributed by atoms with Crippen molar-refractivity contribution in [1.82, 2.24) is 19.9 Å². The van der Waals surface area contributed by atoms with E-state index >= 15 is 0 Å². The molecule has 0 spiro atoms. The molecule has 1 N–H and O–H groups in total. The number of benzene rings is 2. The van der Waals surface area contributed by atoms with E-state index in [1.54, 1.807) is 35.4 Å². The number of aromatic amines is 1. The van der Waals surface area contributed by atoms with Gasteiger partial charge in [0, 0.05) is 29.8 Å². The number of aromatic nitrogens is 3. The highest BCUT2D eigenvalue weighted by Gasteiger charge is 2.12. The van der Waals surface area contributed by atoms with E-state index < -0.39 is 0 Å². The molecule has 4 aromatic rings. The molecule has 0 fully saturated rings. The Morgan fingerprint density at radius 1 is 1.10 bits per heavy atom. The lowest BCUT2D eigenvalue weighted by Gasteiger charge is -2.18. The zero-order valence-electron chi connectivity index (χ0n) is 16.0. The fourth-order valence-corrected chi connectivity index (χ4v) is 3.26. The van der Waals surface area contributed by atoms with Gasteiger partial charge in [0.25, 0.3) is 5.56 Å². The first-order valence-electron chi connectivity index (χ1n) is 9.44. The fourth-order valence-electron chi connectivity index (χ4n) is 3.26. The molecule has 2 aromatic heterocycles. The van der Waals surface area contributed by atoms with Crippen LogP contribution >= 0.6 is 0 Å². The zero-order chi connectivity index (χ0) is 20.2. The fraction of sp³-hybridized carbons (Fsp3) is 0.130.